The molecule has 35 heavy (non-hydrogen) atoms. The molecule has 0 bridgehead atoms. The van der Waals surface area contributed by atoms with Gasteiger partial charge in [0.25, 0.3) is 5.69 Å². The fraction of sp³-hybridized carbons (Fsp3) is 0. The Bertz CT molecular complexity index is 1410. The number of benzene rings is 3. The van der Waals surface area contributed by atoms with Crippen LogP contribution in [0.1, 0.15) is 10.4 Å². The van der Waals surface area contributed by atoms with Crippen LogP contribution in [0.3, 0.4) is 0 Å². The minimum absolute atomic E-state index is 0. The van der Waals surface area contributed by atoms with Crippen molar-refractivity contribution < 1.29 is 62.5 Å². The van der Waals surface area contributed by atoms with Crippen molar-refractivity contribution >= 4 is 74.1 Å². The number of hydrogen-bond acceptors (Lipinski definition) is 10. The van der Waals surface area contributed by atoms with E-state index in [0.717, 1.165) is 18.2 Å². The van der Waals surface area contributed by atoms with Gasteiger partial charge in [0, 0.05) is 46.6 Å². The average molecular weight is 516 g/mol. The molecular weight excluding hydrogens is 504 g/mol. The molecule has 3 aromatic carbocycles. The van der Waals surface area contributed by atoms with E-state index in [2.05, 4.69) is 26.5 Å². The fourth-order valence-electron chi connectivity index (χ4n) is 2.46. The molecule has 3 N–H and O–H groups in total. The minimum Gasteiger partial charge on any atom is -0.505 e. The number of hydrogen-bond donors (Lipinski definition) is 3. The topological polar surface area (TPSA) is 204 Å². The second-order valence-corrected chi connectivity index (χ2v) is 7.60. The van der Waals surface area contributed by atoms with Gasteiger partial charge >= 0.3 is 35.5 Å². The summed E-state index contributed by atoms with van der Waals surface area (Å²) < 4.78 is 32.2. The first-order valence-electron chi connectivity index (χ1n) is 8.72. The van der Waals surface area contributed by atoms with Crippen molar-refractivity contribution in [2.24, 2.45) is 20.5 Å². The molecule has 0 saturated heterocycles. The van der Waals surface area contributed by atoms with Crippen LogP contribution in [0.4, 0.5) is 28.4 Å². The summed E-state index contributed by atoms with van der Waals surface area (Å²) in [7, 11) is -4.62. The van der Waals surface area contributed by atoms with E-state index < -0.39 is 37.2 Å². The van der Waals surface area contributed by atoms with Crippen LogP contribution >= 0.6 is 0 Å². The molecule has 3 aromatic rings. The summed E-state index contributed by atoms with van der Waals surface area (Å²) in [6.07, 6.45) is 0. The van der Waals surface area contributed by atoms with Crippen LogP contribution in [0, 0.1) is 16.2 Å². The number of phenols is 1. The molecule has 0 aliphatic rings. The number of azo groups is 2. The predicted molar refractivity (Wildman–Crippen MR) is 117 cm³/mol. The van der Waals surface area contributed by atoms with Gasteiger partial charge in [0.05, 0.1) is 16.3 Å². The Kier molecular flexibility index (Phi) is 11.3. The Labute approximate surface area is 242 Å². The van der Waals surface area contributed by atoms with E-state index in [1.807, 2.05) is 0 Å². The number of carboxylic acids is 1. The van der Waals surface area contributed by atoms with Gasteiger partial charge in [0.15, 0.2) is 5.75 Å². The van der Waals surface area contributed by atoms with Gasteiger partial charge in [-0.25, -0.2) is 13.2 Å². The van der Waals surface area contributed by atoms with Gasteiger partial charge in [0.2, 0.25) is 10.1 Å². The third-order valence-corrected chi connectivity index (χ3v) is 4.88. The van der Waals surface area contributed by atoms with Gasteiger partial charge in [-0.15, -0.1) is 11.2 Å². The number of aromatic carboxylic acids is 1. The van der Waals surface area contributed by atoms with E-state index in [-0.39, 0.29) is 87.6 Å². The monoisotopic (exact) mass is 516 g/mol. The minimum atomic E-state index is -4.62. The maximum absolute atomic E-state index is 11.5. The molecular formula is C19H12N5Na2O8S. The van der Waals surface area contributed by atoms with Crippen LogP contribution in [0.15, 0.2) is 79.9 Å². The third kappa shape index (κ3) is 7.98. The van der Waals surface area contributed by atoms with E-state index in [1.165, 1.54) is 36.4 Å². The molecule has 0 spiro atoms. The van der Waals surface area contributed by atoms with Crippen LogP contribution in [-0.2, 0) is 10.1 Å². The second kappa shape index (κ2) is 12.9. The van der Waals surface area contributed by atoms with Crippen LogP contribution < -0.4 is 29.6 Å². The smallest absolute Gasteiger partial charge is 0.505 e. The molecule has 1 radical (unpaired) electrons. The molecule has 0 saturated carbocycles. The van der Waals surface area contributed by atoms with E-state index in [1.54, 1.807) is 0 Å². The summed E-state index contributed by atoms with van der Waals surface area (Å²) in [5, 5.41) is 45.3. The zero-order chi connectivity index (χ0) is 24.2. The van der Waals surface area contributed by atoms with Crippen molar-refractivity contribution in [3.8, 4) is 5.75 Å². The fourth-order valence-corrected chi connectivity index (χ4v) is 3.05. The maximum Gasteiger partial charge on any atom is 1.00 e. The van der Waals surface area contributed by atoms with Crippen molar-refractivity contribution in [3.63, 3.8) is 0 Å². The van der Waals surface area contributed by atoms with Gasteiger partial charge in [-0.05, 0) is 30.0 Å². The van der Waals surface area contributed by atoms with Crippen molar-refractivity contribution in [1.82, 2.24) is 0 Å². The Hall–Kier alpha value is -2.56. The largest absolute Gasteiger partial charge is 1.00 e. The summed E-state index contributed by atoms with van der Waals surface area (Å²) >= 11 is 0. The van der Waals surface area contributed by atoms with Gasteiger partial charge < -0.3 is 10.2 Å². The van der Waals surface area contributed by atoms with Crippen LogP contribution in [0.5, 0.6) is 5.75 Å². The molecule has 169 valence electrons. The van der Waals surface area contributed by atoms with Crippen molar-refractivity contribution in [2.45, 2.75) is 4.90 Å². The predicted octanol–water partition coefficient (Wildman–Crippen LogP) is 1.50. The molecule has 0 aliphatic carbocycles. The first-order chi connectivity index (χ1) is 15.6. The zero-order valence-electron chi connectivity index (χ0n) is 18.2. The number of rotatable bonds is 7. The number of non-ortho nitro benzene ring substituents is 1. The number of nitro groups is 1. The van der Waals surface area contributed by atoms with E-state index in [9.17, 15) is 38.1 Å². The van der Waals surface area contributed by atoms with Crippen molar-refractivity contribution in [1.29, 1.82) is 0 Å². The molecule has 0 heterocycles. The molecule has 16 heteroatoms. The Balaban J connectivity index is 0.00000306. The zero-order valence-corrected chi connectivity index (χ0v) is 23.0. The Morgan fingerprint density at radius 3 is 2.14 bits per heavy atom. The summed E-state index contributed by atoms with van der Waals surface area (Å²) in [5.74, 6) is -2.23. The van der Waals surface area contributed by atoms with E-state index in [0.29, 0.717) is 0 Å². The van der Waals surface area contributed by atoms with Crippen LogP contribution in [0.2, 0.25) is 0 Å². The van der Waals surface area contributed by atoms with Gasteiger partial charge in [0.1, 0.15) is 11.3 Å². The number of carbonyl (C=O) groups is 1. The van der Waals surface area contributed by atoms with E-state index in [4.69, 9.17) is 0 Å². The molecule has 0 unspecified atom stereocenters. The Morgan fingerprint density at radius 1 is 0.971 bits per heavy atom. The molecule has 0 aliphatic heterocycles. The number of nitro benzene ring substituents is 1. The third-order valence-electron chi connectivity index (χ3n) is 3.99. The number of nitrogens with zero attached hydrogens (tertiary/aromatic N) is 5. The summed E-state index contributed by atoms with van der Waals surface area (Å²) in [6, 6.07) is 13.0. The van der Waals surface area contributed by atoms with Gasteiger partial charge in [-0.3, -0.25) is 14.7 Å². The van der Waals surface area contributed by atoms with Crippen LogP contribution in [-0.4, -0.2) is 63.6 Å². The van der Waals surface area contributed by atoms with Crippen LogP contribution in [0.25, 0.3) is 0 Å². The molecule has 0 amide bonds. The van der Waals surface area contributed by atoms with Crippen molar-refractivity contribution in [3.05, 3.63) is 76.3 Å². The quantitative estimate of drug-likeness (QED) is 0.105. The normalized spacial score (nSPS) is 11.1. The maximum atomic E-state index is 11.5. The summed E-state index contributed by atoms with van der Waals surface area (Å²) in [5.41, 5.74) is -1.25. The first kappa shape index (κ1) is 30.5. The standard InChI is InChI=1S/C19H12N5O8S.2Na/c25-18-14(19(26)27)9-12(21-22-15-3-1-2-4-17(15)33(30,31)32)10-16(18)23-20-11-5-7-13(8-6-11)24(28)29;;/h1,3-10,25H,(H,26,27)(H,30,31,32);;/q-1;;+1. The summed E-state index contributed by atoms with van der Waals surface area (Å²) in [6.45, 7) is 0. The number of aromatic hydroxyl groups is 1. The SMILES string of the molecule is O=C(O)c1cc(N=Nc2cc[c-]cc2S(=O)(=O)O)cc(N=Nc2ccc([N+](=O)[O-])cc2)c1O.[Na+].[Na]. The van der Waals surface area contributed by atoms with Gasteiger partial charge in [-0.1, -0.05) is 0 Å². The first-order valence-corrected chi connectivity index (χ1v) is 10.2. The Morgan fingerprint density at radius 2 is 1.57 bits per heavy atom. The molecule has 13 nitrogen and oxygen atoms in total. The summed E-state index contributed by atoms with van der Waals surface area (Å²) in [4.78, 5) is 21.0. The molecule has 0 fully saturated rings. The molecule has 0 atom stereocenters. The van der Waals surface area contributed by atoms with E-state index >= 15 is 0 Å². The molecule has 0 aromatic heterocycles. The van der Waals surface area contributed by atoms with Gasteiger partial charge in [-0.2, -0.15) is 33.5 Å². The number of carboxylic acid groups (broad SMARTS) is 1. The average Bonchev–Trinajstić information content (AvgIpc) is 2.77. The molecule has 3 rings (SSSR count). The van der Waals surface area contributed by atoms with Crippen molar-refractivity contribution in [2.75, 3.05) is 0 Å². The second-order valence-electron chi connectivity index (χ2n) is 6.21.